The van der Waals surface area contributed by atoms with E-state index in [-0.39, 0.29) is 5.41 Å². The van der Waals surface area contributed by atoms with Gasteiger partial charge in [-0.25, -0.2) is 0 Å². The third-order valence-electron chi connectivity index (χ3n) is 9.63. The second-order valence-corrected chi connectivity index (χ2v) is 13.7. The van der Waals surface area contributed by atoms with Crippen LogP contribution in [0.25, 0.3) is 21.9 Å². The standard InChI is InChI=1S/C42H35NS/c1-28(20-24-33-36-15-7-10-18-40(36)44-41-19-11-8-16-37(33)41)43(31-22-21-29-12-4-5-13-30(29)26-31)32-23-25-35-34-14-6-9-17-38(34)42(2,3)39(35)27-32/h4-23,25-27,33H,24H2,1-3H3/b28-20+. The maximum atomic E-state index is 2.46. The molecule has 0 spiro atoms. The Morgan fingerprint density at radius 3 is 2.00 bits per heavy atom. The highest BCUT2D eigenvalue weighted by atomic mass is 32.2. The molecule has 1 aliphatic carbocycles. The first-order chi connectivity index (χ1) is 21.5. The zero-order valence-corrected chi connectivity index (χ0v) is 26.2. The van der Waals surface area contributed by atoms with Crippen molar-refractivity contribution in [1.29, 1.82) is 0 Å². The summed E-state index contributed by atoms with van der Waals surface area (Å²) in [4.78, 5) is 5.20. The van der Waals surface area contributed by atoms with Gasteiger partial charge in [-0.05, 0) is 93.9 Å². The predicted octanol–water partition coefficient (Wildman–Crippen LogP) is 11.9. The van der Waals surface area contributed by atoms with E-state index in [1.54, 1.807) is 0 Å². The summed E-state index contributed by atoms with van der Waals surface area (Å²) in [5.41, 5.74) is 11.9. The topological polar surface area (TPSA) is 3.24 Å². The molecule has 0 unspecified atom stereocenters. The molecule has 8 rings (SSSR count). The van der Waals surface area contributed by atoms with Gasteiger partial charge in [0.2, 0.25) is 0 Å². The van der Waals surface area contributed by atoms with Crippen LogP contribution in [-0.2, 0) is 5.41 Å². The van der Waals surface area contributed by atoms with Gasteiger partial charge in [-0.1, -0.05) is 129 Å². The van der Waals surface area contributed by atoms with Crippen LogP contribution in [0, 0.1) is 0 Å². The molecule has 0 saturated heterocycles. The second kappa shape index (κ2) is 10.6. The van der Waals surface area contributed by atoms with Crippen molar-refractivity contribution in [2.24, 2.45) is 0 Å². The number of allylic oxidation sites excluding steroid dienone is 2. The van der Waals surface area contributed by atoms with Crippen LogP contribution in [0.2, 0.25) is 0 Å². The van der Waals surface area contributed by atoms with Gasteiger partial charge in [0, 0.05) is 38.2 Å². The normalized spacial score (nSPS) is 14.9. The molecule has 0 fully saturated rings. The molecular weight excluding hydrogens is 551 g/mol. The molecule has 2 heteroatoms. The minimum Gasteiger partial charge on any atom is -0.315 e. The van der Waals surface area contributed by atoms with Gasteiger partial charge in [-0.2, -0.15) is 0 Å². The molecule has 1 nitrogen and oxygen atoms in total. The lowest BCUT2D eigenvalue weighted by atomic mass is 9.82. The molecule has 214 valence electrons. The van der Waals surface area contributed by atoms with Crippen molar-refractivity contribution in [2.75, 3.05) is 4.90 Å². The van der Waals surface area contributed by atoms with Gasteiger partial charge in [0.1, 0.15) is 0 Å². The summed E-state index contributed by atoms with van der Waals surface area (Å²) >= 11 is 1.90. The van der Waals surface area contributed by atoms with E-state index in [2.05, 4.69) is 165 Å². The Balaban J connectivity index is 1.24. The highest BCUT2D eigenvalue weighted by Crippen LogP contribution is 2.51. The lowest BCUT2D eigenvalue weighted by Crippen LogP contribution is -2.18. The van der Waals surface area contributed by atoms with E-state index < -0.39 is 0 Å². The number of benzene rings is 6. The summed E-state index contributed by atoms with van der Waals surface area (Å²) in [6.07, 6.45) is 3.39. The van der Waals surface area contributed by atoms with E-state index in [1.807, 2.05) is 11.8 Å². The summed E-state index contributed by atoms with van der Waals surface area (Å²) in [6.45, 7) is 7.00. The molecule has 1 heterocycles. The third-order valence-corrected chi connectivity index (χ3v) is 10.8. The molecular formula is C42H35NS. The summed E-state index contributed by atoms with van der Waals surface area (Å²) in [7, 11) is 0. The van der Waals surface area contributed by atoms with Crippen LogP contribution in [0.4, 0.5) is 11.4 Å². The molecule has 1 aliphatic heterocycles. The monoisotopic (exact) mass is 585 g/mol. The largest absolute Gasteiger partial charge is 0.315 e. The number of fused-ring (bicyclic) bond motifs is 6. The minimum absolute atomic E-state index is 0.0538. The molecule has 6 aromatic carbocycles. The minimum atomic E-state index is -0.0538. The first-order valence-corrected chi connectivity index (χ1v) is 16.4. The Kier molecular flexibility index (Phi) is 6.50. The van der Waals surface area contributed by atoms with Crippen molar-refractivity contribution in [3.05, 3.63) is 167 Å². The van der Waals surface area contributed by atoms with Crippen LogP contribution >= 0.6 is 11.8 Å². The predicted molar refractivity (Wildman–Crippen MR) is 187 cm³/mol. The van der Waals surface area contributed by atoms with Gasteiger partial charge in [-0.15, -0.1) is 0 Å². The van der Waals surface area contributed by atoms with Crippen molar-refractivity contribution in [3.8, 4) is 11.1 Å². The summed E-state index contributed by atoms with van der Waals surface area (Å²) in [5, 5.41) is 2.51. The van der Waals surface area contributed by atoms with Gasteiger partial charge in [0.05, 0.1) is 0 Å². The highest BCUT2D eigenvalue weighted by molar-refractivity contribution is 7.99. The zero-order valence-electron chi connectivity index (χ0n) is 25.4. The average molecular weight is 586 g/mol. The lowest BCUT2D eigenvalue weighted by molar-refractivity contribution is 0.660. The molecule has 44 heavy (non-hydrogen) atoms. The van der Waals surface area contributed by atoms with Gasteiger partial charge < -0.3 is 4.90 Å². The van der Waals surface area contributed by atoms with E-state index in [4.69, 9.17) is 0 Å². The van der Waals surface area contributed by atoms with Crippen LogP contribution in [0.1, 0.15) is 55.4 Å². The van der Waals surface area contributed by atoms with Crippen molar-refractivity contribution in [1.82, 2.24) is 0 Å². The highest BCUT2D eigenvalue weighted by Gasteiger charge is 2.35. The second-order valence-electron chi connectivity index (χ2n) is 12.6. The maximum Gasteiger partial charge on any atom is 0.0464 e. The quantitative estimate of drug-likeness (QED) is 0.198. The maximum absolute atomic E-state index is 2.46. The molecule has 2 aliphatic rings. The molecule has 0 atom stereocenters. The van der Waals surface area contributed by atoms with Crippen molar-refractivity contribution in [3.63, 3.8) is 0 Å². The first-order valence-electron chi connectivity index (χ1n) is 15.5. The van der Waals surface area contributed by atoms with Gasteiger partial charge in [0.25, 0.3) is 0 Å². The molecule has 0 bridgehead atoms. The van der Waals surface area contributed by atoms with Gasteiger partial charge >= 0.3 is 0 Å². The molecule has 0 radical (unpaired) electrons. The Labute approximate surface area is 264 Å². The molecule has 0 saturated carbocycles. The molecule has 0 N–H and O–H groups in total. The number of anilines is 2. The fraction of sp³-hybridized carbons (Fsp3) is 0.143. The lowest BCUT2D eigenvalue weighted by Gasteiger charge is -2.30. The van der Waals surface area contributed by atoms with E-state index in [9.17, 15) is 0 Å². The summed E-state index contributed by atoms with van der Waals surface area (Å²) in [6, 6.07) is 49.3. The van der Waals surface area contributed by atoms with Crippen LogP contribution < -0.4 is 4.90 Å². The van der Waals surface area contributed by atoms with E-state index in [0.717, 1.165) is 6.42 Å². The Hall–Kier alpha value is -4.53. The molecule has 0 amide bonds. The van der Waals surface area contributed by atoms with E-state index in [0.29, 0.717) is 5.92 Å². The fourth-order valence-corrected chi connectivity index (χ4v) is 8.53. The summed E-state index contributed by atoms with van der Waals surface area (Å²) in [5.74, 6) is 0.325. The first kappa shape index (κ1) is 27.0. The zero-order chi connectivity index (χ0) is 29.8. The number of nitrogens with zero attached hydrogens (tertiary/aromatic N) is 1. The number of hydrogen-bond donors (Lipinski definition) is 0. The van der Waals surface area contributed by atoms with Crippen molar-refractivity contribution in [2.45, 2.75) is 48.3 Å². The Morgan fingerprint density at radius 2 is 1.23 bits per heavy atom. The van der Waals surface area contributed by atoms with Crippen molar-refractivity contribution >= 4 is 33.9 Å². The Morgan fingerprint density at radius 1 is 0.636 bits per heavy atom. The fourth-order valence-electron chi connectivity index (χ4n) is 7.35. The van der Waals surface area contributed by atoms with Crippen LogP contribution in [0.15, 0.2) is 155 Å². The van der Waals surface area contributed by atoms with Gasteiger partial charge in [-0.3, -0.25) is 0 Å². The van der Waals surface area contributed by atoms with Crippen LogP contribution in [0.5, 0.6) is 0 Å². The van der Waals surface area contributed by atoms with Crippen molar-refractivity contribution < 1.29 is 0 Å². The van der Waals surface area contributed by atoms with E-state index >= 15 is 0 Å². The van der Waals surface area contributed by atoms with E-state index in [1.165, 1.54) is 71.0 Å². The molecule has 0 aromatic heterocycles. The van der Waals surface area contributed by atoms with Crippen LogP contribution in [0.3, 0.4) is 0 Å². The Bertz CT molecular complexity index is 2040. The number of hydrogen-bond acceptors (Lipinski definition) is 2. The third kappa shape index (κ3) is 4.40. The summed E-state index contributed by atoms with van der Waals surface area (Å²) < 4.78 is 0. The SMILES string of the molecule is C/C(=C\CC1c2ccccc2Sc2ccccc21)N(c1ccc2c(c1)C(C)(C)c1ccccc1-2)c1ccc2ccccc2c1. The van der Waals surface area contributed by atoms with Crippen LogP contribution in [-0.4, -0.2) is 0 Å². The molecule has 6 aromatic rings. The smallest absolute Gasteiger partial charge is 0.0464 e. The number of rotatable bonds is 5. The average Bonchev–Trinajstić information content (AvgIpc) is 3.29. The van der Waals surface area contributed by atoms with Gasteiger partial charge in [0.15, 0.2) is 0 Å².